The van der Waals surface area contributed by atoms with Gasteiger partial charge in [-0.2, -0.15) is 0 Å². The highest BCUT2D eigenvalue weighted by Gasteiger charge is 2.11. The highest BCUT2D eigenvalue weighted by molar-refractivity contribution is 5.88. The normalized spacial score (nSPS) is 35.2. The van der Waals surface area contributed by atoms with E-state index in [1.54, 1.807) is 42.5 Å². The average molecular weight is 442 g/mol. The largest absolute Gasteiger partial charge is 0.388 e. The van der Waals surface area contributed by atoms with Gasteiger partial charge in [-0.1, -0.05) is 98.8 Å². The molecule has 0 saturated carbocycles. The third kappa shape index (κ3) is 12.4. The molecular weight excluding hydrogens is 402 g/mol. The number of allylic oxidation sites excluding steroid dienone is 7. The molecule has 0 spiro atoms. The van der Waals surface area contributed by atoms with E-state index in [0.717, 1.165) is 24.8 Å². The predicted octanol–water partition coefficient (Wildman–Crippen LogP) is 4.07. The van der Waals surface area contributed by atoms with Crippen LogP contribution >= 0.6 is 0 Å². The van der Waals surface area contributed by atoms with Crippen LogP contribution in [0.25, 0.3) is 0 Å². The van der Waals surface area contributed by atoms with Gasteiger partial charge in [0.1, 0.15) is 12.2 Å². The minimum Gasteiger partial charge on any atom is -0.388 e. The Kier molecular flexibility index (Phi) is 14.0. The number of aliphatic hydroxyl groups is 3. The number of aliphatic hydroxyl groups excluding tert-OH is 3. The summed E-state index contributed by atoms with van der Waals surface area (Å²) >= 11 is 0. The van der Waals surface area contributed by atoms with Crippen molar-refractivity contribution in [1.82, 2.24) is 5.32 Å². The third-order valence-corrected chi connectivity index (χ3v) is 5.02. The summed E-state index contributed by atoms with van der Waals surface area (Å²) in [4.78, 5) is 12.3. The SMILES string of the molecule is CCC/C=C/CC1C/C=C/C(O)C(C)/C=C/C=C\C(O)C(O)\C=C(C)/C=C/C=C/C(=O)N1. The van der Waals surface area contributed by atoms with Crippen LogP contribution in [0.4, 0.5) is 0 Å². The minimum absolute atomic E-state index is 0.0645. The molecule has 0 saturated heterocycles. The molecule has 5 heteroatoms. The molecule has 4 N–H and O–H groups in total. The van der Waals surface area contributed by atoms with Gasteiger partial charge in [0.25, 0.3) is 0 Å². The molecule has 0 aromatic heterocycles. The van der Waals surface area contributed by atoms with Gasteiger partial charge in [0, 0.05) is 18.0 Å². The zero-order valence-electron chi connectivity index (χ0n) is 19.5. The lowest BCUT2D eigenvalue weighted by molar-refractivity contribution is -0.117. The molecule has 5 atom stereocenters. The molecule has 5 nitrogen and oxygen atoms in total. The van der Waals surface area contributed by atoms with Gasteiger partial charge < -0.3 is 20.6 Å². The number of hydrogen-bond acceptors (Lipinski definition) is 4. The lowest BCUT2D eigenvalue weighted by Gasteiger charge is -2.15. The lowest BCUT2D eigenvalue weighted by Crippen LogP contribution is -2.33. The Labute approximate surface area is 192 Å². The summed E-state index contributed by atoms with van der Waals surface area (Å²) in [6.07, 6.45) is 23.4. The molecule has 0 aromatic rings. The quantitative estimate of drug-likeness (QED) is 0.495. The molecule has 176 valence electrons. The maximum atomic E-state index is 12.3. The molecule has 0 bridgehead atoms. The smallest absolute Gasteiger partial charge is 0.244 e. The fraction of sp³-hybridized carbons (Fsp3) is 0.444. The fourth-order valence-electron chi connectivity index (χ4n) is 2.98. The summed E-state index contributed by atoms with van der Waals surface area (Å²) in [5, 5.41) is 33.5. The van der Waals surface area contributed by atoms with E-state index < -0.39 is 18.3 Å². The Hall–Kier alpha value is -2.47. The number of carbonyl (C=O) groups is 1. The molecule has 5 unspecified atom stereocenters. The minimum atomic E-state index is -1.05. The van der Waals surface area contributed by atoms with E-state index in [9.17, 15) is 20.1 Å². The van der Waals surface area contributed by atoms with Gasteiger partial charge in [0.15, 0.2) is 0 Å². The highest BCUT2D eigenvalue weighted by Crippen LogP contribution is 2.10. The molecule has 0 radical (unpaired) electrons. The van der Waals surface area contributed by atoms with Crippen molar-refractivity contribution in [2.45, 2.75) is 70.8 Å². The van der Waals surface area contributed by atoms with Crippen LogP contribution in [-0.4, -0.2) is 45.6 Å². The van der Waals surface area contributed by atoms with Crippen molar-refractivity contribution in [3.05, 3.63) is 84.6 Å². The first-order chi connectivity index (χ1) is 15.3. The van der Waals surface area contributed by atoms with Gasteiger partial charge in [0.2, 0.25) is 5.91 Å². The Balaban J connectivity index is 3.02. The summed E-state index contributed by atoms with van der Waals surface area (Å²) in [7, 11) is 0. The Morgan fingerprint density at radius 1 is 0.969 bits per heavy atom. The Morgan fingerprint density at radius 2 is 1.69 bits per heavy atom. The van der Waals surface area contributed by atoms with Crippen molar-refractivity contribution < 1.29 is 20.1 Å². The van der Waals surface area contributed by atoms with E-state index in [0.29, 0.717) is 6.42 Å². The molecule has 1 aliphatic heterocycles. The second-order valence-corrected chi connectivity index (χ2v) is 8.09. The van der Waals surface area contributed by atoms with Crippen LogP contribution in [0.5, 0.6) is 0 Å². The van der Waals surface area contributed by atoms with E-state index in [-0.39, 0.29) is 17.9 Å². The highest BCUT2D eigenvalue weighted by atomic mass is 16.3. The number of carbonyl (C=O) groups excluding carboxylic acids is 1. The van der Waals surface area contributed by atoms with Crippen LogP contribution in [-0.2, 0) is 4.79 Å². The third-order valence-electron chi connectivity index (χ3n) is 5.02. The average Bonchev–Trinajstić information content (AvgIpc) is 2.75. The number of unbranched alkanes of at least 4 members (excludes halogenated alkanes) is 1. The Bertz CT molecular complexity index is 758. The van der Waals surface area contributed by atoms with Crippen molar-refractivity contribution in [1.29, 1.82) is 0 Å². The van der Waals surface area contributed by atoms with Crippen molar-refractivity contribution >= 4 is 5.91 Å². The molecule has 1 heterocycles. The summed E-state index contributed by atoms with van der Waals surface area (Å²) < 4.78 is 0. The van der Waals surface area contributed by atoms with E-state index in [1.165, 1.54) is 12.2 Å². The number of rotatable bonds is 4. The molecule has 0 aliphatic carbocycles. The summed E-state index contributed by atoms with van der Waals surface area (Å²) in [6, 6.07) is -0.0645. The van der Waals surface area contributed by atoms with Crippen LogP contribution in [0, 0.1) is 5.92 Å². The first-order valence-electron chi connectivity index (χ1n) is 11.4. The molecule has 1 rings (SSSR count). The van der Waals surface area contributed by atoms with Gasteiger partial charge >= 0.3 is 0 Å². The van der Waals surface area contributed by atoms with Gasteiger partial charge in [0.05, 0.1) is 6.10 Å². The van der Waals surface area contributed by atoms with Crippen molar-refractivity contribution in [2.24, 2.45) is 5.92 Å². The van der Waals surface area contributed by atoms with Crippen molar-refractivity contribution in [3.63, 3.8) is 0 Å². The van der Waals surface area contributed by atoms with Crippen LogP contribution in [0.15, 0.2) is 84.6 Å². The van der Waals surface area contributed by atoms with Gasteiger partial charge in [-0.25, -0.2) is 0 Å². The van der Waals surface area contributed by atoms with Crippen LogP contribution in [0.2, 0.25) is 0 Å². The number of nitrogens with one attached hydrogen (secondary N) is 1. The second kappa shape index (κ2) is 16.2. The van der Waals surface area contributed by atoms with Crippen molar-refractivity contribution in [3.8, 4) is 0 Å². The predicted molar refractivity (Wildman–Crippen MR) is 132 cm³/mol. The number of amides is 1. The molecule has 32 heavy (non-hydrogen) atoms. The van der Waals surface area contributed by atoms with E-state index in [4.69, 9.17) is 0 Å². The van der Waals surface area contributed by atoms with E-state index >= 15 is 0 Å². The van der Waals surface area contributed by atoms with Crippen molar-refractivity contribution in [2.75, 3.05) is 0 Å². The molecule has 1 amide bonds. The fourth-order valence-corrected chi connectivity index (χ4v) is 2.98. The second-order valence-electron chi connectivity index (χ2n) is 8.09. The van der Waals surface area contributed by atoms with E-state index in [2.05, 4.69) is 24.4 Å². The van der Waals surface area contributed by atoms with Crippen LogP contribution in [0.3, 0.4) is 0 Å². The molecule has 1 aliphatic rings. The molecule has 0 fully saturated rings. The maximum Gasteiger partial charge on any atom is 0.244 e. The van der Waals surface area contributed by atoms with E-state index in [1.807, 2.05) is 26.0 Å². The molecular formula is C27H39NO4. The van der Waals surface area contributed by atoms with Gasteiger partial charge in [-0.05, 0) is 26.2 Å². The topological polar surface area (TPSA) is 89.8 Å². The van der Waals surface area contributed by atoms with Crippen LogP contribution < -0.4 is 5.32 Å². The lowest BCUT2D eigenvalue weighted by atomic mass is 10.0. The summed E-state index contributed by atoms with van der Waals surface area (Å²) in [6.45, 7) is 5.83. The first kappa shape index (κ1) is 27.6. The van der Waals surface area contributed by atoms with Gasteiger partial charge in [-0.15, -0.1) is 0 Å². The standard InChI is InChI=1S/C27H39NO4/c1-4-5-6-7-15-23-16-12-18-24(29)22(3)14-9-10-17-25(30)26(31)20-21(2)13-8-11-19-27(32)28-23/h6-14,17-20,22-26,29-31H,4-5,15-16H2,1-3H3,(H,28,32)/b7-6+,13-8+,14-9+,17-10-,18-12+,19-11+,21-20-. The maximum absolute atomic E-state index is 12.3. The Morgan fingerprint density at radius 3 is 2.44 bits per heavy atom. The monoisotopic (exact) mass is 441 g/mol. The molecule has 0 aromatic carbocycles. The zero-order chi connectivity index (χ0) is 23.8. The summed E-state index contributed by atoms with van der Waals surface area (Å²) in [5.41, 5.74) is 0.765. The number of hydrogen-bond donors (Lipinski definition) is 4. The summed E-state index contributed by atoms with van der Waals surface area (Å²) in [5.74, 6) is -0.318. The van der Waals surface area contributed by atoms with Crippen LogP contribution in [0.1, 0.15) is 46.5 Å². The first-order valence-corrected chi connectivity index (χ1v) is 11.4. The zero-order valence-corrected chi connectivity index (χ0v) is 19.5. The van der Waals surface area contributed by atoms with Gasteiger partial charge in [-0.3, -0.25) is 4.79 Å².